The van der Waals surface area contributed by atoms with Gasteiger partial charge in [0.2, 0.25) is 0 Å². The molecule has 0 radical (unpaired) electrons. The lowest BCUT2D eigenvalue weighted by atomic mass is 10.2. The molecule has 0 bridgehead atoms. The third-order valence-electron chi connectivity index (χ3n) is 3.80. The predicted molar refractivity (Wildman–Crippen MR) is 98.3 cm³/mol. The fourth-order valence-corrected chi connectivity index (χ4v) is 3.19. The van der Waals surface area contributed by atoms with Crippen molar-refractivity contribution >= 4 is 23.5 Å². The molecule has 2 amide bonds. The van der Waals surface area contributed by atoms with E-state index in [9.17, 15) is 4.79 Å². The highest BCUT2D eigenvalue weighted by molar-refractivity contribution is 7.99. The number of benzene rings is 1. The van der Waals surface area contributed by atoms with Crippen LogP contribution in [0.25, 0.3) is 0 Å². The molecule has 0 aliphatic carbocycles. The van der Waals surface area contributed by atoms with Crippen LogP contribution in [0.5, 0.6) is 0 Å². The minimum absolute atomic E-state index is 0.244. The fourth-order valence-electron chi connectivity index (χ4n) is 2.17. The Hall–Kier alpha value is -2.02. The van der Waals surface area contributed by atoms with E-state index in [4.69, 9.17) is 0 Å². The third kappa shape index (κ3) is 4.99. The Kier molecular flexibility index (Phi) is 6.66. The van der Waals surface area contributed by atoms with Gasteiger partial charge < -0.3 is 15.2 Å². The first kappa shape index (κ1) is 18.3. The lowest BCUT2D eigenvalue weighted by Crippen LogP contribution is -2.29. The summed E-state index contributed by atoms with van der Waals surface area (Å²) < 4.78 is 1.90. The van der Waals surface area contributed by atoms with E-state index in [1.165, 1.54) is 4.90 Å². The maximum atomic E-state index is 12.1. The van der Waals surface area contributed by atoms with Crippen molar-refractivity contribution in [3.05, 3.63) is 35.9 Å². The number of carbonyl (C=O) groups excluding carboxylic acids is 1. The molecule has 0 spiro atoms. The van der Waals surface area contributed by atoms with Gasteiger partial charge in [0, 0.05) is 22.4 Å². The minimum atomic E-state index is -0.244. The van der Waals surface area contributed by atoms with Gasteiger partial charge in [-0.05, 0) is 44.0 Å². The van der Waals surface area contributed by atoms with E-state index in [1.54, 1.807) is 6.33 Å². The number of urea groups is 1. The average molecular weight is 347 g/mol. The molecule has 0 unspecified atom stereocenters. The smallest absolute Gasteiger partial charge is 0.319 e. The van der Waals surface area contributed by atoms with E-state index in [2.05, 4.69) is 40.7 Å². The molecule has 0 saturated carbocycles. The fraction of sp³-hybridized carbons (Fsp3) is 0.471. The zero-order chi connectivity index (χ0) is 17.5. The highest BCUT2D eigenvalue weighted by atomic mass is 32.2. The Morgan fingerprint density at radius 3 is 2.83 bits per heavy atom. The van der Waals surface area contributed by atoms with Crippen molar-refractivity contribution in [2.24, 2.45) is 0 Å². The standard InChI is InChI=1S/C17H25N5OS/c1-5-13(4)24-14-7-8-15(12(3)9-14)20-17(23)18-10-16-21-19-11-22(16)6-2/h7-9,11,13H,5-6,10H2,1-4H3,(H2,18,20,23)/t13-/m1/s1. The van der Waals surface area contributed by atoms with E-state index in [1.807, 2.05) is 42.3 Å². The van der Waals surface area contributed by atoms with Crippen LogP contribution in [0.3, 0.4) is 0 Å². The maximum absolute atomic E-state index is 12.1. The van der Waals surface area contributed by atoms with Crippen molar-refractivity contribution < 1.29 is 4.79 Å². The second-order valence-electron chi connectivity index (χ2n) is 5.65. The van der Waals surface area contributed by atoms with Crippen molar-refractivity contribution in [3.63, 3.8) is 0 Å². The maximum Gasteiger partial charge on any atom is 0.319 e. The zero-order valence-electron chi connectivity index (χ0n) is 14.7. The van der Waals surface area contributed by atoms with E-state index < -0.39 is 0 Å². The van der Waals surface area contributed by atoms with Crippen LogP contribution in [-0.4, -0.2) is 26.0 Å². The molecule has 1 aromatic heterocycles. The SMILES string of the molecule is CC[C@@H](C)Sc1ccc(NC(=O)NCc2nncn2CC)c(C)c1. The summed E-state index contributed by atoms with van der Waals surface area (Å²) in [5.74, 6) is 0.740. The Bertz CT molecular complexity index is 685. The van der Waals surface area contributed by atoms with Gasteiger partial charge in [0.05, 0.1) is 6.54 Å². The van der Waals surface area contributed by atoms with Crippen LogP contribution < -0.4 is 10.6 Å². The number of hydrogen-bond acceptors (Lipinski definition) is 4. The molecule has 2 aromatic rings. The predicted octanol–water partition coefficient (Wildman–Crippen LogP) is 3.82. The Balaban J connectivity index is 1.91. The molecule has 24 heavy (non-hydrogen) atoms. The summed E-state index contributed by atoms with van der Waals surface area (Å²) in [6, 6.07) is 5.87. The first-order valence-corrected chi connectivity index (χ1v) is 9.10. The Labute approximate surface area is 147 Å². The topological polar surface area (TPSA) is 71.8 Å². The highest BCUT2D eigenvalue weighted by Crippen LogP contribution is 2.28. The van der Waals surface area contributed by atoms with E-state index in [0.29, 0.717) is 11.8 Å². The number of rotatable bonds is 7. The summed E-state index contributed by atoms with van der Waals surface area (Å²) >= 11 is 1.85. The number of anilines is 1. The van der Waals surface area contributed by atoms with Gasteiger partial charge in [-0.3, -0.25) is 0 Å². The monoisotopic (exact) mass is 347 g/mol. The van der Waals surface area contributed by atoms with E-state index in [-0.39, 0.29) is 6.03 Å². The van der Waals surface area contributed by atoms with Crippen LogP contribution in [0.4, 0.5) is 10.5 Å². The van der Waals surface area contributed by atoms with Gasteiger partial charge in [-0.25, -0.2) is 4.79 Å². The largest absolute Gasteiger partial charge is 0.331 e. The van der Waals surface area contributed by atoms with Gasteiger partial charge in [0.1, 0.15) is 6.33 Å². The van der Waals surface area contributed by atoms with Gasteiger partial charge in [-0.15, -0.1) is 22.0 Å². The van der Waals surface area contributed by atoms with Gasteiger partial charge in [0.25, 0.3) is 0 Å². The van der Waals surface area contributed by atoms with Gasteiger partial charge in [-0.2, -0.15) is 0 Å². The zero-order valence-corrected chi connectivity index (χ0v) is 15.5. The number of carbonyl (C=O) groups is 1. The van der Waals surface area contributed by atoms with Crippen LogP contribution >= 0.6 is 11.8 Å². The summed E-state index contributed by atoms with van der Waals surface area (Å²) in [4.78, 5) is 13.3. The number of aryl methyl sites for hydroxylation is 2. The minimum Gasteiger partial charge on any atom is -0.331 e. The first-order chi connectivity index (χ1) is 11.5. The molecule has 130 valence electrons. The van der Waals surface area contributed by atoms with Crippen molar-refractivity contribution in [1.82, 2.24) is 20.1 Å². The molecule has 1 atom stereocenters. The second-order valence-corrected chi connectivity index (χ2v) is 7.17. The molecule has 0 aliphatic heterocycles. The number of hydrogen-bond donors (Lipinski definition) is 2. The molecule has 2 rings (SSSR count). The number of amides is 2. The first-order valence-electron chi connectivity index (χ1n) is 8.22. The van der Waals surface area contributed by atoms with Crippen molar-refractivity contribution in [1.29, 1.82) is 0 Å². The summed E-state index contributed by atoms with van der Waals surface area (Å²) in [6.45, 7) is 9.54. The van der Waals surface area contributed by atoms with Crippen LogP contribution in [0.2, 0.25) is 0 Å². The normalized spacial score (nSPS) is 12.0. The molecule has 0 saturated heterocycles. The molecular weight excluding hydrogens is 322 g/mol. The van der Waals surface area contributed by atoms with Gasteiger partial charge >= 0.3 is 6.03 Å². The molecule has 2 N–H and O–H groups in total. The summed E-state index contributed by atoms with van der Waals surface area (Å²) in [7, 11) is 0. The van der Waals surface area contributed by atoms with Crippen molar-refractivity contribution in [2.45, 2.75) is 57.4 Å². The number of thioether (sulfide) groups is 1. The summed E-state index contributed by atoms with van der Waals surface area (Å²) in [5.41, 5.74) is 1.87. The van der Waals surface area contributed by atoms with Crippen LogP contribution in [0.15, 0.2) is 29.4 Å². The summed E-state index contributed by atoms with van der Waals surface area (Å²) in [6.07, 6.45) is 2.79. The molecule has 0 aliphatic rings. The Morgan fingerprint density at radius 2 is 2.17 bits per heavy atom. The molecule has 7 heteroatoms. The number of nitrogens with zero attached hydrogens (tertiary/aromatic N) is 3. The van der Waals surface area contributed by atoms with Crippen molar-refractivity contribution in [3.8, 4) is 0 Å². The van der Waals surface area contributed by atoms with Gasteiger partial charge in [0.15, 0.2) is 5.82 Å². The molecule has 1 aromatic carbocycles. The van der Waals surface area contributed by atoms with Crippen molar-refractivity contribution in [2.75, 3.05) is 5.32 Å². The number of nitrogens with one attached hydrogen (secondary N) is 2. The van der Waals surface area contributed by atoms with Crippen LogP contribution in [-0.2, 0) is 13.1 Å². The van der Waals surface area contributed by atoms with Gasteiger partial charge in [-0.1, -0.05) is 13.8 Å². The molecule has 6 nitrogen and oxygen atoms in total. The quantitative estimate of drug-likeness (QED) is 0.747. The Morgan fingerprint density at radius 1 is 1.38 bits per heavy atom. The third-order valence-corrected chi connectivity index (χ3v) is 5.06. The lowest BCUT2D eigenvalue weighted by molar-refractivity contribution is 0.251. The number of aromatic nitrogens is 3. The van der Waals surface area contributed by atoms with E-state index >= 15 is 0 Å². The summed E-state index contributed by atoms with van der Waals surface area (Å²) in [5, 5.41) is 14.1. The molecule has 1 heterocycles. The van der Waals surface area contributed by atoms with Crippen LogP contribution in [0.1, 0.15) is 38.6 Å². The second kappa shape index (κ2) is 8.73. The lowest BCUT2D eigenvalue weighted by Gasteiger charge is -2.13. The highest BCUT2D eigenvalue weighted by Gasteiger charge is 2.09. The van der Waals surface area contributed by atoms with Crippen LogP contribution in [0, 0.1) is 6.92 Å². The molecular formula is C17H25N5OS. The average Bonchev–Trinajstić information content (AvgIpc) is 3.03. The molecule has 0 fully saturated rings. The van der Waals surface area contributed by atoms with E-state index in [0.717, 1.165) is 30.0 Å².